The van der Waals surface area contributed by atoms with Gasteiger partial charge in [-0.05, 0) is 48.4 Å². The van der Waals surface area contributed by atoms with Crippen LogP contribution in [0, 0.1) is 0 Å². The minimum atomic E-state index is 0.309. The van der Waals surface area contributed by atoms with Gasteiger partial charge in [0, 0.05) is 31.5 Å². The lowest BCUT2D eigenvalue weighted by Gasteiger charge is -2.21. The van der Waals surface area contributed by atoms with Crippen LogP contribution in [0.3, 0.4) is 0 Å². The topological polar surface area (TPSA) is 56.6 Å². The third-order valence-corrected chi connectivity index (χ3v) is 5.65. The Morgan fingerprint density at radius 2 is 2.26 bits per heavy atom. The minimum absolute atomic E-state index is 0.309. The largest absolute Gasteiger partial charge is 0.454 e. The first kappa shape index (κ1) is 18.0. The van der Waals surface area contributed by atoms with Crippen LogP contribution in [-0.2, 0) is 17.8 Å². The quantitative estimate of drug-likeness (QED) is 0.670. The van der Waals surface area contributed by atoms with Crippen molar-refractivity contribution < 1.29 is 14.3 Å². The molecule has 27 heavy (non-hydrogen) atoms. The van der Waals surface area contributed by atoms with Gasteiger partial charge < -0.3 is 14.3 Å². The van der Waals surface area contributed by atoms with Gasteiger partial charge in [-0.2, -0.15) is 5.10 Å². The zero-order valence-electron chi connectivity index (χ0n) is 15.8. The second-order valence-corrected chi connectivity index (χ2v) is 7.43. The lowest BCUT2D eigenvalue weighted by molar-refractivity contribution is -0.109. The van der Waals surface area contributed by atoms with Gasteiger partial charge >= 0.3 is 0 Å². The zero-order chi connectivity index (χ0) is 18.6. The molecule has 0 radical (unpaired) electrons. The van der Waals surface area contributed by atoms with Gasteiger partial charge in [0.25, 0.3) is 0 Å². The summed E-state index contributed by atoms with van der Waals surface area (Å²) < 4.78 is 13.3. The Kier molecular flexibility index (Phi) is 5.43. The monoisotopic (exact) mass is 369 g/mol. The van der Waals surface area contributed by atoms with E-state index in [9.17, 15) is 4.79 Å². The molecule has 0 spiro atoms. The summed E-state index contributed by atoms with van der Waals surface area (Å²) >= 11 is 0. The number of benzene rings is 1. The summed E-state index contributed by atoms with van der Waals surface area (Å²) in [4.78, 5) is 13.5. The SMILES string of the molecule is CCCc1cc(C2CC(CCn3cccn3)N(CC=O)C2)cc2c1OCO2. The highest BCUT2D eigenvalue weighted by Crippen LogP contribution is 2.42. The maximum atomic E-state index is 11.2. The van der Waals surface area contributed by atoms with E-state index in [0.29, 0.717) is 25.3 Å². The van der Waals surface area contributed by atoms with Crippen LogP contribution in [-0.4, -0.2) is 46.9 Å². The van der Waals surface area contributed by atoms with E-state index >= 15 is 0 Å². The number of carbonyl (C=O) groups is 1. The second-order valence-electron chi connectivity index (χ2n) is 7.43. The first-order chi connectivity index (χ1) is 13.3. The maximum absolute atomic E-state index is 11.2. The molecule has 0 N–H and O–H groups in total. The maximum Gasteiger partial charge on any atom is 0.231 e. The number of nitrogens with zero attached hydrogens (tertiary/aromatic N) is 3. The lowest BCUT2D eigenvalue weighted by Crippen LogP contribution is -2.32. The normalized spacial score (nSPS) is 21.7. The number of ether oxygens (including phenoxy) is 2. The molecule has 6 heteroatoms. The van der Waals surface area contributed by atoms with Crippen LogP contribution < -0.4 is 9.47 Å². The molecule has 4 rings (SSSR count). The minimum Gasteiger partial charge on any atom is -0.454 e. The van der Waals surface area contributed by atoms with Crippen LogP contribution in [0.15, 0.2) is 30.6 Å². The Bertz CT molecular complexity index is 775. The van der Waals surface area contributed by atoms with Crippen molar-refractivity contribution in [1.29, 1.82) is 0 Å². The van der Waals surface area contributed by atoms with E-state index in [0.717, 1.165) is 56.6 Å². The molecule has 2 unspecified atom stereocenters. The van der Waals surface area contributed by atoms with Gasteiger partial charge in [0.1, 0.15) is 6.29 Å². The molecule has 0 saturated carbocycles. The van der Waals surface area contributed by atoms with Crippen molar-refractivity contribution in [2.24, 2.45) is 0 Å². The number of likely N-dealkylation sites (tertiary alicyclic amines) is 1. The predicted molar refractivity (Wildman–Crippen MR) is 102 cm³/mol. The molecule has 1 saturated heterocycles. The third kappa shape index (κ3) is 3.86. The van der Waals surface area contributed by atoms with Crippen molar-refractivity contribution in [2.75, 3.05) is 19.9 Å². The van der Waals surface area contributed by atoms with Crippen molar-refractivity contribution >= 4 is 6.29 Å². The van der Waals surface area contributed by atoms with Crippen LogP contribution in [0.2, 0.25) is 0 Å². The molecular weight excluding hydrogens is 342 g/mol. The number of aldehydes is 1. The van der Waals surface area contributed by atoms with E-state index in [-0.39, 0.29) is 0 Å². The van der Waals surface area contributed by atoms with Gasteiger partial charge in [-0.1, -0.05) is 19.4 Å². The molecule has 2 aliphatic heterocycles. The Balaban J connectivity index is 1.51. The number of fused-ring (bicyclic) bond motifs is 1. The molecule has 2 aromatic rings. The summed E-state index contributed by atoms with van der Waals surface area (Å²) in [6.45, 7) is 4.77. The van der Waals surface area contributed by atoms with Crippen LogP contribution in [0.4, 0.5) is 0 Å². The highest BCUT2D eigenvalue weighted by molar-refractivity contribution is 5.53. The fourth-order valence-corrected chi connectivity index (χ4v) is 4.36. The Morgan fingerprint density at radius 1 is 1.33 bits per heavy atom. The standard InChI is InChI=1S/C21H27N3O3/c1-2-4-16-11-17(13-20-21(16)27-15-26-20)18-12-19(23(14-18)9-10-25)5-8-24-7-3-6-22-24/h3,6-7,10-11,13,18-19H,2,4-5,8-9,12,14-15H2,1H3. The molecule has 3 heterocycles. The fourth-order valence-electron chi connectivity index (χ4n) is 4.36. The van der Waals surface area contributed by atoms with Crippen molar-refractivity contribution in [3.63, 3.8) is 0 Å². The van der Waals surface area contributed by atoms with Gasteiger partial charge in [-0.3, -0.25) is 9.58 Å². The second kappa shape index (κ2) is 8.13. The molecule has 0 bridgehead atoms. The number of hydrogen-bond acceptors (Lipinski definition) is 5. The summed E-state index contributed by atoms with van der Waals surface area (Å²) in [5.74, 6) is 2.20. The molecule has 1 fully saturated rings. The molecule has 0 aliphatic carbocycles. The average molecular weight is 369 g/mol. The number of hydrogen-bond donors (Lipinski definition) is 0. The molecular formula is C21H27N3O3. The Morgan fingerprint density at radius 3 is 3.04 bits per heavy atom. The lowest BCUT2D eigenvalue weighted by atomic mass is 9.92. The van der Waals surface area contributed by atoms with Crippen LogP contribution >= 0.6 is 0 Å². The van der Waals surface area contributed by atoms with E-state index in [1.165, 1.54) is 11.1 Å². The third-order valence-electron chi connectivity index (χ3n) is 5.65. The predicted octanol–water partition coefficient (Wildman–Crippen LogP) is 3.01. The van der Waals surface area contributed by atoms with Gasteiger partial charge in [0.15, 0.2) is 11.5 Å². The first-order valence-electron chi connectivity index (χ1n) is 9.86. The molecule has 1 aromatic carbocycles. The van der Waals surface area contributed by atoms with Gasteiger partial charge in [0.2, 0.25) is 6.79 Å². The summed E-state index contributed by atoms with van der Waals surface area (Å²) in [6.07, 6.45) is 8.94. The van der Waals surface area contributed by atoms with E-state index in [4.69, 9.17) is 9.47 Å². The van der Waals surface area contributed by atoms with Crippen LogP contribution in [0.5, 0.6) is 11.5 Å². The van der Waals surface area contributed by atoms with E-state index < -0.39 is 0 Å². The van der Waals surface area contributed by atoms with Gasteiger partial charge in [-0.25, -0.2) is 0 Å². The highest BCUT2D eigenvalue weighted by Gasteiger charge is 2.33. The molecule has 2 atom stereocenters. The van der Waals surface area contributed by atoms with Gasteiger partial charge in [-0.15, -0.1) is 0 Å². The summed E-state index contributed by atoms with van der Waals surface area (Å²) in [6, 6.07) is 6.77. The van der Waals surface area contributed by atoms with Crippen molar-refractivity contribution in [3.05, 3.63) is 41.7 Å². The van der Waals surface area contributed by atoms with Crippen LogP contribution in [0.1, 0.15) is 43.2 Å². The van der Waals surface area contributed by atoms with Crippen LogP contribution in [0.25, 0.3) is 0 Å². The van der Waals surface area contributed by atoms with E-state index in [1.807, 2.05) is 23.1 Å². The number of rotatable bonds is 8. The van der Waals surface area contributed by atoms with E-state index in [2.05, 4.69) is 29.1 Å². The van der Waals surface area contributed by atoms with Crippen molar-refractivity contribution in [3.8, 4) is 11.5 Å². The summed E-state index contributed by atoms with van der Waals surface area (Å²) in [5, 5.41) is 4.29. The first-order valence-corrected chi connectivity index (χ1v) is 9.86. The average Bonchev–Trinajstić information content (AvgIpc) is 3.41. The Hall–Kier alpha value is -2.34. The molecule has 144 valence electrons. The van der Waals surface area contributed by atoms with Gasteiger partial charge in [0.05, 0.1) is 6.54 Å². The number of aromatic nitrogens is 2. The molecule has 0 amide bonds. The molecule has 6 nitrogen and oxygen atoms in total. The number of aryl methyl sites for hydroxylation is 2. The summed E-state index contributed by atoms with van der Waals surface area (Å²) in [5.41, 5.74) is 2.55. The zero-order valence-corrected chi connectivity index (χ0v) is 15.8. The highest BCUT2D eigenvalue weighted by atomic mass is 16.7. The molecule has 2 aliphatic rings. The van der Waals surface area contributed by atoms with Crippen molar-refractivity contribution in [2.45, 2.75) is 51.1 Å². The smallest absolute Gasteiger partial charge is 0.231 e. The fraction of sp³-hybridized carbons (Fsp3) is 0.524. The summed E-state index contributed by atoms with van der Waals surface area (Å²) in [7, 11) is 0. The number of carbonyl (C=O) groups excluding carboxylic acids is 1. The van der Waals surface area contributed by atoms with Crippen molar-refractivity contribution in [1.82, 2.24) is 14.7 Å². The molecule has 1 aromatic heterocycles. The van der Waals surface area contributed by atoms with E-state index in [1.54, 1.807) is 0 Å². The Labute approximate surface area is 160 Å².